The third-order valence-corrected chi connectivity index (χ3v) is 11.7. The van der Waals surface area contributed by atoms with E-state index in [1.165, 1.54) is 63.4 Å². The third kappa shape index (κ3) is 3.34. The van der Waals surface area contributed by atoms with Crippen molar-refractivity contribution in [2.45, 2.75) is 126 Å². The largest absolute Gasteiger partial charge is 0.393 e. The van der Waals surface area contributed by atoms with E-state index in [1.807, 2.05) is 11.1 Å². The van der Waals surface area contributed by atoms with Crippen molar-refractivity contribution < 1.29 is 5.11 Å². The van der Waals surface area contributed by atoms with Gasteiger partial charge in [0.15, 0.2) is 0 Å². The van der Waals surface area contributed by atoms with Crippen molar-refractivity contribution in [3.05, 3.63) is 22.8 Å². The Morgan fingerprint density at radius 1 is 0.968 bits per heavy atom. The van der Waals surface area contributed by atoms with Gasteiger partial charge < -0.3 is 5.11 Å². The van der Waals surface area contributed by atoms with Crippen molar-refractivity contribution in [3.63, 3.8) is 0 Å². The summed E-state index contributed by atoms with van der Waals surface area (Å²) in [6.07, 6.45) is 15.2. The van der Waals surface area contributed by atoms with Crippen LogP contribution in [0.25, 0.3) is 0 Å². The van der Waals surface area contributed by atoms with Gasteiger partial charge in [-0.25, -0.2) is 0 Å². The van der Waals surface area contributed by atoms with Crippen molar-refractivity contribution >= 4 is 0 Å². The Morgan fingerprint density at radius 3 is 2.35 bits per heavy atom. The lowest BCUT2D eigenvalue weighted by atomic mass is 9.43. The SMILES string of the molecule is CC(C)=CCCC(C)C1CC[C@@]2(C)C3=C(CC[C@]12C)[C@@]1(C)CCC(O)C(C)(C)[C@H]1CC3. The average molecular weight is 427 g/mol. The van der Waals surface area contributed by atoms with Crippen LogP contribution in [0, 0.1) is 39.4 Å². The van der Waals surface area contributed by atoms with E-state index in [1.54, 1.807) is 0 Å². The molecular weight excluding hydrogens is 376 g/mol. The second kappa shape index (κ2) is 7.75. The fraction of sp³-hybridized carbons (Fsp3) is 0.867. The zero-order valence-corrected chi connectivity index (χ0v) is 21.9. The maximum absolute atomic E-state index is 10.8. The van der Waals surface area contributed by atoms with Gasteiger partial charge in [0.1, 0.15) is 0 Å². The molecule has 1 nitrogen and oxygen atoms in total. The molecule has 4 aliphatic rings. The van der Waals surface area contributed by atoms with Crippen LogP contribution in [0.3, 0.4) is 0 Å². The summed E-state index contributed by atoms with van der Waals surface area (Å²) in [4.78, 5) is 0. The van der Waals surface area contributed by atoms with Gasteiger partial charge in [0.05, 0.1) is 6.10 Å². The van der Waals surface area contributed by atoms with Crippen LogP contribution in [0.15, 0.2) is 22.8 Å². The van der Waals surface area contributed by atoms with Crippen LogP contribution in [0.1, 0.15) is 120 Å². The molecule has 176 valence electrons. The molecule has 4 rings (SSSR count). The summed E-state index contributed by atoms with van der Waals surface area (Å²) in [5.41, 5.74) is 6.41. The van der Waals surface area contributed by atoms with Crippen molar-refractivity contribution in [2.75, 3.05) is 0 Å². The van der Waals surface area contributed by atoms with Crippen molar-refractivity contribution in [2.24, 2.45) is 39.4 Å². The topological polar surface area (TPSA) is 20.2 Å². The molecule has 0 aromatic carbocycles. The second-order valence-electron chi connectivity index (χ2n) is 13.6. The Kier molecular flexibility index (Phi) is 5.90. The van der Waals surface area contributed by atoms with E-state index in [-0.39, 0.29) is 11.5 Å². The first-order valence-electron chi connectivity index (χ1n) is 13.4. The smallest absolute Gasteiger partial charge is 0.0594 e. The Bertz CT molecular complexity index is 767. The summed E-state index contributed by atoms with van der Waals surface area (Å²) in [5.74, 6) is 2.32. The van der Waals surface area contributed by atoms with E-state index in [4.69, 9.17) is 0 Å². The summed E-state index contributed by atoms with van der Waals surface area (Å²) >= 11 is 0. The highest BCUT2D eigenvalue weighted by molar-refractivity contribution is 5.38. The molecule has 0 aromatic rings. The van der Waals surface area contributed by atoms with Crippen molar-refractivity contribution in [3.8, 4) is 0 Å². The predicted octanol–water partition coefficient (Wildman–Crippen LogP) is 8.48. The molecule has 2 fully saturated rings. The minimum atomic E-state index is -0.130. The number of hydrogen-bond acceptors (Lipinski definition) is 1. The van der Waals surface area contributed by atoms with Crippen molar-refractivity contribution in [1.29, 1.82) is 0 Å². The molecule has 1 N–H and O–H groups in total. The molecule has 0 saturated heterocycles. The zero-order chi connectivity index (χ0) is 22.8. The lowest BCUT2D eigenvalue weighted by molar-refractivity contribution is -0.0962. The van der Waals surface area contributed by atoms with Gasteiger partial charge in [-0.15, -0.1) is 0 Å². The van der Waals surface area contributed by atoms with E-state index in [9.17, 15) is 5.11 Å². The lowest BCUT2D eigenvalue weighted by Gasteiger charge is -2.62. The van der Waals surface area contributed by atoms with E-state index in [0.717, 1.165) is 18.3 Å². The van der Waals surface area contributed by atoms with Gasteiger partial charge >= 0.3 is 0 Å². The number of aliphatic hydroxyl groups excluding tert-OH is 1. The maximum Gasteiger partial charge on any atom is 0.0594 e. The van der Waals surface area contributed by atoms with Crippen LogP contribution < -0.4 is 0 Å². The lowest BCUT2D eigenvalue weighted by Crippen LogP contribution is -2.55. The molecule has 0 spiro atoms. The molecule has 0 bridgehead atoms. The normalized spacial score (nSPS) is 44.9. The fourth-order valence-electron chi connectivity index (χ4n) is 9.47. The van der Waals surface area contributed by atoms with Gasteiger partial charge in [-0.2, -0.15) is 0 Å². The first-order valence-corrected chi connectivity index (χ1v) is 13.4. The van der Waals surface area contributed by atoms with Crippen molar-refractivity contribution in [1.82, 2.24) is 0 Å². The summed E-state index contributed by atoms with van der Waals surface area (Å²) < 4.78 is 0. The van der Waals surface area contributed by atoms with Gasteiger partial charge in [-0.3, -0.25) is 0 Å². The molecular formula is C30H50O. The minimum absolute atomic E-state index is 0.0465. The number of rotatable bonds is 4. The fourth-order valence-corrected chi connectivity index (χ4v) is 9.47. The van der Waals surface area contributed by atoms with Crippen LogP contribution in [0.2, 0.25) is 0 Å². The number of aliphatic hydroxyl groups is 1. The van der Waals surface area contributed by atoms with Gasteiger partial charge in [0.25, 0.3) is 0 Å². The quantitative estimate of drug-likeness (QED) is 0.447. The zero-order valence-electron chi connectivity index (χ0n) is 21.9. The predicted molar refractivity (Wildman–Crippen MR) is 133 cm³/mol. The molecule has 0 aromatic heterocycles. The van der Waals surface area contributed by atoms with Gasteiger partial charge in [0, 0.05) is 0 Å². The Morgan fingerprint density at radius 2 is 1.68 bits per heavy atom. The number of fused-ring (bicyclic) bond motifs is 4. The highest BCUT2D eigenvalue weighted by atomic mass is 16.3. The monoisotopic (exact) mass is 426 g/mol. The van der Waals surface area contributed by atoms with E-state index >= 15 is 0 Å². The third-order valence-electron chi connectivity index (χ3n) is 11.7. The average Bonchev–Trinajstić information content (AvgIpc) is 2.96. The minimum Gasteiger partial charge on any atom is -0.393 e. The summed E-state index contributed by atoms with van der Waals surface area (Å²) in [6.45, 7) is 19.6. The van der Waals surface area contributed by atoms with Crippen LogP contribution in [-0.2, 0) is 0 Å². The van der Waals surface area contributed by atoms with Gasteiger partial charge in [-0.1, -0.05) is 64.3 Å². The summed E-state index contributed by atoms with van der Waals surface area (Å²) in [6, 6.07) is 0. The molecule has 0 radical (unpaired) electrons. The highest BCUT2D eigenvalue weighted by Crippen LogP contribution is 2.72. The number of hydrogen-bond donors (Lipinski definition) is 1. The van der Waals surface area contributed by atoms with Crippen LogP contribution in [0.4, 0.5) is 0 Å². The Balaban J connectivity index is 1.65. The molecule has 0 amide bonds. The molecule has 3 unspecified atom stereocenters. The first-order chi connectivity index (χ1) is 14.4. The summed E-state index contributed by atoms with van der Waals surface area (Å²) in [7, 11) is 0. The second-order valence-corrected chi connectivity index (χ2v) is 13.6. The van der Waals surface area contributed by atoms with Gasteiger partial charge in [0.2, 0.25) is 0 Å². The van der Waals surface area contributed by atoms with E-state index < -0.39 is 0 Å². The summed E-state index contributed by atoms with van der Waals surface area (Å²) in [5, 5.41) is 10.8. The number of allylic oxidation sites excluding steroid dienone is 4. The highest BCUT2D eigenvalue weighted by Gasteiger charge is 2.63. The Hall–Kier alpha value is -0.560. The first kappa shape index (κ1) is 23.6. The Labute approximate surface area is 193 Å². The molecule has 1 heteroatoms. The molecule has 4 aliphatic carbocycles. The standard InChI is InChI=1S/C30H50O/c1-20(2)10-9-11-21(3)22-14-18-30(8)24-12-13-25-27(4,5)26(31)16-17-28(25,6)23(24)15-19-29(22,30)7/h10,21-22,25-26,31H,9,11-19H2,1-8H3/t21?,22?,25-,26?,28-,29-,30+/m1/s1. The van der Waals surface area contributed by atoms with Crippen LogP contribution in [0.5, 0.6) is 0 Å². The molecule has 0 heterocycles. The molecule has 7 atom stereocenters. The van der Waals surface area contributed by atoms with Gasteiger partial charge in [-0.05, 0) is 117 Å². The van der Waals surface area contributed by atoms with Crippen LogP contribution in [-0.4, -0.2) is 11.2 Å². The molecule has 2 saturated carbocycles. The van der Waals surface area contributed by atoms with E-state index in [2.05, 4.69) is 61.5 Å². The van der Waals surface area contributed by atoms with Crippen LogP contribution >= 0.6 is 0 Å². The molecule has 0 aliphatic heterocycles. The van der Waals surface area contributed by atoms with E-state index in [0.29, 0.717) is 22.2 Å². The molecule has 31 heavy (non-hydrogen) atoms. The maximum atomic E-state index is 10.8.